The Kier molecular flexibility index (Phi) is 5.81. The molecule has 0 unspecified atom stereocenters. The van der Waals surface area contributed by atoms with Crippen molar-refractivity contribution in [1.29, 1.82) is 0 Å². The van der Waals surface area contributed by atoms with Crippen LogP contribution in [0.5, 0.6) is 5.75 Å². The number of ether oxygens (including phenoxy) is 1. The van der Waals surface area contributed by atoms with E-state index in [0.29, 0.717) is 38.7 Å². The molecule has 28 heavy (non-hydrogen) atoms. The zero-order valence-corrected chi connectivity index (χ0v) is 16.4. The normalized spacial score (nSPS) is 12.8. The fourth-order valence-electron chi connectivity index (χ4n) is 3.27. The van der Waals surface area contributed by atoms with E-state index in [1.165, 1.54) is 4.57 Å². The van der Waals surface area contributed by atoms with Gasteiger partial charge in [0.15, 0.2) is 0 Å². The lowest BCUT2D eigenvalue weighted by molar-refractivity contribution is -0.131. The van der Waals surface area contributed by atoms with Gasteiger partial charge in [-0.05, 0) is 45.0 Å². The molecule has 1 aromatic carbocycles. The van der Waals surface area contributed by atoms with Crippen LogP contribution >= 0.6 is 0 Å². The number of amides is 1. The van der Waals surface area contributed by atoms with Gasteiger partial charge in [-0.15, -0.1) is 5.10 Å². The van der Waals surface area contributed by atoms with Crippen LogP contribution in [-0.4, -0.2) is 51.4 Å². The maximum atomic E-state index is 12.5. The van der Waals surface area contributed by atoms with E-state index in [4.69, 9.17) is 4.74 Å². The summed E-state index contributed by atoms with van der Waals surface area (Å²) in [6.07, 6.45) is 0. The number of anilines is 2. The molecular formula is C19H25N5O4. The fraction of sp³-hybridized carbons (Fsp3) is 0.474. The topological polar surface area (TPSA) is 89.7 Å². The van der Waals surface area contributed by atoms with Crippen LogP contribution in [0.25, 0.3) is 0 Å². The summed E-state index contributed by atoms with van der Waals surface area (Å²) in [5.41, 5.74) is -0.606. The largest absolute Gasteiger partial charge is 0.494 e. The van der Waals surface area contributed by atoms with Crippen molar-refractivity contribution < 1.29 is 9.53 Å². The van der Waals surface area contributed by atoms with Gasteiger partial charge >= 0.3 is 11.1 Å². The molecule has 0 atom stereocenters. The minimum Gasteiger partial charge on any atom is -0.494 e. The van der Waals surface area contributed by atoms with Crippen molar-refractivity contribution in [2.45, 2.75) is 33.9 Å². The molecule has 0 saturated heterocycles. The van der Waals surface area contributed by atoms with Crippen molar-refractivity contribution in [2.75, 3.05) is 31.1 Å². The highest BCUT2D eigenvalue weighted by atomic mass is 16.5. The van der Waals surface area contributed by atoms with Gasteiger partial charge in [0.25, 0.3) is 0 Å². The molecular weight excluding hydrogens is 362 g/mol. The summed E-state index contributed by atoms with van der Waals surface area (Å²) in [5.74, 6) is 0.876. The number of hydrogen-bond donors (Lipinski definition) is 0. The van der Waals surface area contributed by atoms with E-state index in [1.807, 2.05) is 49.9 Å². The van der Waals surface area contributed by atoms with Crippen LogP contribution in [0.4, 0.5) is 11.6 Å². The first kappa shape index (κ1) is 19.7. The highest BCUT2D eigenvalue weighted by Gasteiger charge is 2.26. The van der Waals surface area contributed by atoms with E-state index in [0.717, 1.165) is 16.1 Å². The number of nitrogens with zero attached hydrogens (tertiary/aromatic N) is 5. The van der Waals surface area contributed by atoms with Crippen LogP contribution < -0.4 is 20.8 Å². The van der Waals surface area contributed by atoms with Crippen molar-refractivity contribution in [2.24, 2.45) is 0 Å². The lowest BCUT2D eigenvalue weighted by atomic mass is 10.3. The van der Waals surface area contributed by atoms with Crippen molar-refractivity contribution in [3.05, 3.63) is 45.0 Å². The Hall–Kier alpha value is -3.10. The number of likely N-dealkylation sites (N-methyl/N-ethyl adjacent to an activating group) is 1. The van der Waals surface area contributed by atoms with Gasteiger partial charge in [0.1, 0.15) is 12.3 Å². The Morgan fingerprint density at radius 1 is 1.07 bits per heavy atom. The summed E-state index contributed by atoms with van der Waals surface area (Å²) in [4.78, 5) is 40.7. The van der Waals surface area contributed by atoms with Crippen molar-refractivity contribution in [3.8, 4) is 5.75 Å². The fourth-order valence-corrected chi connectivity index (χ4v) is 3.27. The van der Waals surface area contributed by atoms with Gasteiger partial charge in [0, 0.05) is 31.9 Å². The molecule has 0 N–H and O–H groups in total. The lowest BCUT2D eigenvalue weighted by Crippen LogP contribution is -2.45. The molecule has 2 aromatic rings. The smallest absolute Gasteiger partial charge is 0.333 e. The van der Waals surface area contributed by atoms with E-state index < -0.39 is 11.1 Å². The molecule has 1 aliphatic heterocycles. The van der Waals surface area contributed by atoms with Gasteiger partial charge in [0.2, 0.25) is 11.9 Å². The summed E-state index contributed by atoms with van der Waals surface area (Å²) in [7, 11) is 0. The van der Waals surface area contributed by atoms with Crippen LogP contribution in [0.1, 0.15) is 20.8 Å². The predicted octanol–water partition coefficient (Wildman–Crippen LogP) is 0.824. The minimum absolute atomic E-state index is 0.241. The van der Waals surface area contributed by atoms with Crippen LogP contribution in [-0.2, 0) is 17.9 Å². The molecule has 1 amide bonds. The molecule has 3 rings (SSSR count). The number of aromatic nitrogens is 3. The molecule has 0 fully saturated rings. The predicted molar refractivity (Wildman–Crippen MR) is 105 cm³/mol. The van der Waals surface area contributed by atoms with Crippen LogP contribution in [0, 0.1) is 0 Å². The zero-order chi connectivity index (χ0) is 20.3. The van der Waals surface area contributed by atoms with Gasteiger partial charge in [-0.25, -0.2) is 4.68 Å². The first-order valence-electron chi connectivity index (χ1n) is 9.50. The molecule has 1 aromatic heterocycles. The van der Waals surface area contributed by atoms with E-state index in [1.54, 1.807) is 4.90 Å². The molecule has 2 heterocycles. The molecule has 150 valence electrons. The Labute approximate surface area is 162 Å². The van der Waals surface area contributed by atoms with Crippen LogP contribution in [0.15, 0.2) is 33.9 Å². The third kappa shape index (κ3) is 3.64. The van der Waals surface area contributed by atoms with E-state index >= 15 is 0 Å². The SMILES string of the molecule is CCOc1ccc(N2CCn3c2nn(CC(=O)N(CC)CC)c(=O)c3=O)cc1. The van der Waals surface area contributed by atoms with E-state index in [-0.39, 0.29) is 12.5 Å². The second-order valence-electron chi connectivity index (χ2n) is 6.36. The Morgan fingerprint density at radius 3 is 2.36 bits per heavy atom. The molecule has 9 heteroatoms. The molecule has 0 saturated carbocycles. The first-order valence-corrected chi connectivity index (χ1v) is 9.50. The van der Waals surface area contributed by atoms with Gasteiger partial charge in [0.05, 0.1) is 6.61 Å². The van der Waals surface area contributed by atoms with Gasteiger partial charge in [-0.1, -0.05) is 0 Å². The molecule has 0 radical (unpaired) electrons. The third-order valence-electron chi connectivity index (χ3n) is 4.76. The summed E-state index contributed by atoms with van der Waals surface area (Å²) >= 11 is 0. The van der Waals surface area contributed by atoms with Gasteiger partial charge < -0.3 is 14.5 Å². The Balaban J connectivity index is 1.95. The zero-order valence-electron chi connectivity index (χ0n) is 16.4. The Morgan fingerprint density at radius 2 is 1.75 bits per heavy atom. The average molecular weight is 387 g/mol. The molecule has 9 nitrogen and oxygen atoms in total. The quantitative estimate of drug-likeness (QED) is 0.654. The molecule has 1 aliphatic rings. The molecule has 0 spiro atoms. The standard InChI is InChI=1S/C19H25N5O4/c1-4-21(5-2)16(25)13-24-18(27)17(26)23-12-11-22(19(23)20-24)14-7-9-15(10-8-14)28-6-3/h7-10H,4-6,11-13H2,1-3H3. The third-order valence-corrected chi connectivity index (χ3v) is 4.76. The summed E-state index contributed by atoms with van der Waals surface area (Å²) in [6.45, 7) is 7.93. The highest BCUT2D eigenvalue weighted by Crippen LogP contribution is 2.28. The minimum atomic E-state index is -0.780. The number of benzene rings is 1. The number of hydrogen-bond acceptors (Lipinski definition) is 6. The molecule has 0 bridgehead atoms. The highest BCUT2D eigenvalue weighted by molar-refractivity contribution is 5.75. The number of rotatable bonds is 7. The van der Waals surface area contributed by atoms with E-state index in [9.17, 15) is 14.4 Å². The second kappa shape index (κ2) is 8.28. The van der Waals surface area contributed by atoms with Crippen LogP contribution in [0.2, 0.25) is 0 Å². The molecule has 0 aliphatic carbocycles. The van der Waals surface area contributed by atoms with Crippen LogP contribution in [0.3, 0.4) is 0 Å². The summed E-state index contributed by atoms with van der Waals surface area (Å²) in [6, 6.07) is 7.45. The Bertz CT molecular complexity index is 960. The maximum Gasteiger partial charge on any atom is 0.333 e. The lowest BCUT2D eigenvalue weighted by Gasteiger charge is -2.20. The number of carbonyl (C=O) groups excluding carboxylic acids is 1. The summed E-state index contributed by atoms with van der Waals surface area (Å²) in [5, 5.41) is 4.34. The van der Waals surface area contributed by atoms with E-state index in [2.05, 4.69) is 5.10 Å². The van der Waals surface area contributed by atoms with Gasteiger partial charge in [-0.3, -0.25) is 19.0 Å². The van der Waals surface area contributed by atoms with Crippen molar-refractivity contribution in [3.63, 3.8) is 0 Å². The van der Waals surface area contributed by atoms with Crippen molar-refractivity contribution in [1.82, 2.24) is 19.2 Å². The number of carbonyl (C=O) groups is 1. The van der Waals surface area contributed by atoms with Crippen molar-refractivity contribution >= 4 is 17.5 Å². The number of fused-ring (bicyclic) bond motifs is 1. The second-order valence-corrected chi connectivity index (χ2v) is 6.36. The average Bonchev–Trinajstić information content (AvgIpc) is 3.11. The summed E-state index contributed by atoms with van der Waals surface area (Å²) < 4.78 is 7.79. The monoisotopic (exact) mass is 387 g/mol. The first-order chi connectivity index (χ1) is 13.5. The van der Waals surface area contributed by atoms with Gasteiger partial charge in [-0.2, -0.15) is 0 Å². The maximum absolute atomic E-state index is 12.5.